The first-order valence-corrected chi connectivity index (χ1v) is 13.4. The molecule has 4 fully saturated rings. The quantitative estimate of drug-likeness (QED) is 0.0770. The summed E-state index contributed by atoms with van der Waals surface area (Å²) in [6.07, 6.45) is -11.8. The molecule has 3 N–H and O–H groups in total. The van der Waals surface area contributed by atoms with Crippen molar-refractivity contribution >= 4 is 48.9 Å². The van der Waals surface area contributed by atoms with Crippen molar-refractivity contribution in [2.24, 2.45) is 23.7 Å². The van der Waals surface area contributed by atoms with Gasteiger partial charge in [-0.1, -0.05) is 0 Å². The van der Waals surface area contributed by atoms with Crippen LogP contribution in [0, 0.1) is 23.7 Å². The molecule has 0 amide bonds. The van der Waals surface area contributed by atoms with Gasteiger partial charge in [-0.05, 0) is 0 Å². The molecule has 168 valence electrons. The minimum absolute atomic E-state index is 0.0660. The van der Waals surface area contributed by atoms with Gasteiger partial charge in [0, 0.05) is 0 Å². The van der Waals surface area contributed by atoms with E-state index in [0.29, 0.717) is 12.8 Å². The number of carbonyl (C=O) groups is 1. The van der Waals surface area contributed by atoms with Crippen LogP contribution in [-0.4, -0.2) is 42.7 Å². The van der Waals surface area contributed by atoms with Crippen molar-refractivity contribution < 1.29 is 41.0 Å². The number of halogens is 8. The van der Waals surface area contributed by atoms with Gasteiger partial charge in [0.1, 0.15) is 0 Å². The van der Waals surface area contributed by atoms with Crippen LogP contribution >= 0.6 is 43.0 Å². The summed E-state index contributed by atoms with van der Waals surface area (Å²) in [6.45, 7) is 1.91. The summed E-state index contributed by atoms with van der Waals surface area (Å²) in [4.78, 5) is 12.4. The van der Waals surface area contributed by atoms with E-state index in [2.05, 4.69) is 29.7 Å². The van der Waals surface area contributed by atoms with E-state index in [9.17, 15) is 36.2 Å². The van der Waals surface area contributed by atoms with E-state index < -0.39 is 54.1 Å². The normalized spacial score (nSPS) is 35.8. The van der Waals surface area contributed by atoms with E-state index in [1.54, 1.807) is 6.92 Å². The zero-order valence-electron chi connectivity index (χ0n) is 15.1. The van der Waals surface area contributed by atoms with Gasteiger partial charge in [0.25, 0.3) is 0 Å². The van der Waals surface area contributed by atoms with Crippen LogP contribution in [0.1, 0.15) is 32.6 Å². The molecule has 0 aromatic carbocycles. The molecule has 5 unspecified atom stereocenters. The Kier molecular flexibility index (Phi) is 5.22. The average Bonchev–Trinajstić information content (AvgIpc) is 3.36. The first-order chi connectivity index (χ1) is 13.1. The average molecular weight is 656 g/mol. The summed E-state index contributed by atoms with van der Waals surface area (Å²) in [6, 6.07) is 0. The molecule has 2 aliphatic heterocycles. The van der Waals surface area contributed by atoms with E-state index in [4.69, 9.17) is 4.74 Å². The van der Waals surface area contributed by atoms with Gasteiger partial charge in [0.2, 0.25) is 0 Å². The van der Waals surface area contributed by atoms with Gasteiger partial charge < -0.3 is 0 Å². The van der Waals surface area contributed by atoms with Crippen LogP contribution in [0.25, 0.3) is 0 Å². The number of aliphatic hydroxyl groups is 1. The van der Waals surface area contributed by atoms with Crippen molar-refractivity contribution in [1.82, 2.24) is 7.06 Å². The number of hydrogen-bond donors (Lipinski definition) is 3. The van der Waals surface area contributed by atoms with Gasteiger partial charge >= 0.3 is 159 Å². The third kappa shape index (κ3) is 3.48. The number of ether oxygens (including phenoxy) is 1. The van der Waals surface area contributed by atoms with Crippen molar-refractivity contribution in [3.63, 3.8) is 0 Å². The zero-order chi connectivity index (χ0) is 21.6. The minimum atomic E-state index is -5.78. The number of carbonyl (C=O) groups excluding carboxylic acids is 1. The predicted octanol–water partition coefficient (Wildman–Crippen LogP) is 3.83. The van der Waals surface area contributed by atoms with Crippen molar-refractivity contribution in [1.29, 1.82) is 0 Å². The molecule has 5 nitrogen and oxygen atoms in total. The monoisotopic (exact) mass is 656 g/mol. The van der Waals surface area contributed by atoms with E-state index >= 15 is 0 Å². The van der Waals surface area contributed by atoms with Crippen LogP contribution in [0.3, 0.4) is 0 Å². The Hall–Kier alpha value is 0.390. The van der Waals surface area contributed by atoms with Crippen molar-refractivity contribution in [2.75, 3.05) is 6.61 Å². The molecule has 4 aliphatic rings. The molecule has 2 bridgehead atoms. The number of fused-ring (bicyclic) bond motifs is 3. The molecule has 29 heavy (non-hydrogen) atoms. The molecule has 0 spiro atoms. The van der Waals surface area contributed by atoms with Crippen LogP contribution in [0.15, 0.2) is 0 Å². The van der Waals surface area contributed by atoms with E-state index in [1.165, 1.54) is 0 Å². The SMILES string of the molecule is CC(I)(C(=O)OCC1CC2CC1CC2CC(O)(C(F)(F)F)C(F)(F)F)C12NI1N2. The molecule has 2 heterocycles. The van der Waals surface area contributed by atoms with Gasteiger partial charge in [-0.15, -0.1) is 0 Å². The maximum absolute atomic E-state index is 13.0. The molecule has 2 aliphatic carbocycles. The van der Waals surface area contributed by atoms with Crippen molar-refractivity contribution in [3.8, 4) is 0 Å². The van der Waals surface area contributed by atoms with Crippen molar-refractivity contribution in [2.45, 2.75) is 57.7 Å². The number of nitrogens with one attached hydrogen (secondary N) is 2. The summed E-state index contributed by atoms with van der Waals surface area (Å²) < 4.78 is 88.8. The second kappa shape index (κ2) is 6.70. The predicted molar refractivity (Wildman–Crippen MR) is 106 cm³/mol. The fourth-order valence-corrected chi connectivity index (χ4v) is 12.6. The Labute approximate surface area is 184 Å². The Morgan fingerprint density at radius 2 is 1.59 bits per heavy atom. The Bertz CT molecular complexity index is 696. The number of hydrogen-bond acceptors (Lipinski definition) is 5. The van der Waals surface area contributed by atoms with Crippen LogP contribution in [0.5, 0.6) is 0 Å². The van der Waals surface area contributed by atoms with Crippen molar-refractivity contribution in [3.05, 3.63) is 0 Å². The maximum atomic E-state index is 13.0. The summed E-state index contributed by atoms with van der Waals surface area (Å²) in [7, 11) is 0. The summed E-state index contributed by atoms with van der Waals surface area (Å²) in [5.41, 5.74) is -4.69. The molecule has 0 aromatic heterocycles. The first kappa shape index (κ1) is 22.6. The molecule has 2 saturated heterocycles. The van der Waals surface area contributed by atoms with Gasteiger partial charge in [0.15, 0.2) is 0 Å². The number of alkyl halides is 8. The second-order valence-electron chi connectivity index (χ2n) is 8.54. The summed E-state index contributed by atoms with van der Waals surface area (Å²) in [5.74, 6) is -1.71. The molecule has 0 aromatic rings. The molecular formula is C16H20F6I2N2O3. The van der Waals surface area contributed by atoms with Crippen LogP contribution < -0.4 is 7.06 Å². The summed E-state index contributed by atoms with van der Waals surface area (Å²) in [5, 5.41) is 9.46. The van der Waals surface area contributed by atoms with Gasteiger partial charge in [0.05, 0.1) is 0 Å². The summed E-state index contributed by atoms with van der Waals surface area (Å²) >= 11 is 0.713. The number of rotatable bonds is 6. The van der Waals surface area contributed by atoms with Crippen LogP contribution in [-0.2, 0) is 9.53 Å². The Balaban J connectivity index is 1.32. The zero-order valence-corrected chi connectivity index (χ0v) is 19.4. The molecule has 13 heteroatoms. The number of esters is 1. The van der Waals surface area contributed by atoms with Gasteiger partial charge in [-0.3, -0.25) is 0 Å². The van der Waals surface area contributed by atoms with Gasteiger partial charge in [-0.25, -0.2) is 0 Å². The standard InChI is InChI=1S/C16H20F6I2N2O3/c1-12(23,16-24(25-16)26-16)11(27)29-6-10-4-7-2-8(10)3-9(7)5-13(28,14(17,18)19)15(20,21)22/h7-10,25-26,28H,2-6H2,1H3. The molecule has 0 radical (unpaired) electrons. The fourth-order valence-electron chi connectivity index (χ4n) is 4.78. The van der Waals surface area contributed by atoms with E-state index in [1.807, 2.05) is 0 Å². The molecule has 2 saturated carbocycles. The Morgan fingerprint density at radius 1 is 1.10 bits per heavy atom. The first-order valence-electron chi connectivity index (χ1n) is 9.10. The van der Waals surface area contributed by atoms with E-state index in [0.717, 1.165) is 0 Å². The molecule has 5 atom stereocenters. The molecular weight excluding hydrogens is 636 g/mol. The van der Waals surface area contributed by atoms with Crippen LogP contribution in [0.2, 0.25) is 0 Å². The second-order valence-corrected chi connectivity index (χ2v) is 15.0. The fraction of sp³-hybridized carbons (Fsp3) is 0.938. The third-order valence-electron chi connectivity index (χ3n) is 6.77. The Morgan fingerprint density at radius 3 is 2.00 bits per heavy atom. The van der Waals surface area contributed by atoms with E-state index in [-0.39, 0.29) is 40.4 Å². The van der Waals surface area contributed by atoms with Gasteiger partial charge in [-0.2, -0.15) is 26.3 Å². The topological polar surface area (TPSA) is 90.4 Å². The molecule has 4 rings (SSSR count). The third-order valence-corrected chi connectivity index (χ3v) is 13.9. The van der Waals surface area contributed by atoms with Crippen LogP contribution in [0.4, 0.5) is 26.3 Å².